The molecule has 0 aliphatic carbocycles. The van der Waals surface area contributed by atoms with Crippen LogP contribution in [0.15, 0.2) is 34.4 Å². The molecule has 6 nitrogen and oxygen atoms in total. The summed E-state index contributed by atoms with van der Waals surface area (Å²) in [5, 5.41) is 2.71. The van der Waals surface area contributed by atoms with E-state index in [9.17, 15) is 9.59 Å². The van der Waals surface area contributed by atoms with Crippen LogP contribution < -0.4 is 20.9 Å². The number of rotatable bonds is 8. The van der Waals surface area contributed by atoms with Gasteiger partial charge in [0.15, 0.2) is 6.61 Å². The van der Waals surface area contributed by atoms with Crippen molar-refractivity contribution in [1.82, 2.24) is 16.2 Å². The van der Waals surface area contributed by atoms with E-state index in [1.807, 2.05) is 26.0 Å². The molecule has 1 aromatic carbocycles. The Morgan fingerprint density at radius 1 is 1.30 bits per heavy atom. The van der Waals surface area contributed by atoms with Gasteiger partial charge in [0.25, 0.3) is 5.91 Å². The van der Waals surface area contributed by atoms with Gasteiger partial charge in [0.2, 0.25) is 5.91 Å². The third-order valence-corrected chi connectivity index (χ3v) is 3.28. The van der Waals surface area contributed by atoms with Gasteiger partial charge in [-0.2, -0.15) is 0 Å². The summed E-state index contributed by atoms with van der Waals surface area (Å²) in [7, 11) is 0. The van der Waals surface area contributed by atoms with Crippen LogP contribution in [0, 0.1) is 6.92 Å². The van der Waals surface area contributed by atoms with Gasteiger partial charge < -0.3 is 15.5 Å². The van der Waals surface area contributed by atoms with Crippen molar-refractivity contribution < 1.29 is 14.3 Å². The highest BCUT2D eigenvalue weighted by atomic mass is 79.9. The van der Waals surface area contributed by atoms with Crippen LogP contribution in [0.25, 0.3) is 0 Å². The quantitative estimate of drug-likeness (QED) is 0.474. The highest BCUT2D eigenvalue weighted by Gasteiger charge is 2.05. The van der Waals surface area contributed by atoms with Gasteiger partial charge >= 0.3 is 0 Å². The number of benzene rings is 1. The lowest BCUT2D eigenvalue weighted by molar-refractivity contribution is -0.124. The van der Waals surface area contributed by atoms with Crippen LogP contribution in [0.3, 0.4) is 0 Å². The molecule has 2 amide bonds. The molecule has 126 valence electrons. The summed E-state index contributed by atoms with van der Waals surface area (Å²) in [6.45, 7) is 6.06. The van der Waals surface area contributed by atoms with Gasteiger partial charge in [-0.1, -0.05) is 22.9 Å². The summed E-state index contributed by atoms with van der Waals surface area (Å²) in [4.78, 5) is 23.2. The number of nitrogens with one attached hydrogen (secondary N) is 3. The maximum atomic E-state index is 11.7. The van der Waals surface area contributed by atoms with Crippen molar-refractivity contribution in [3.8, 4) is 5.75 Å². The number of allylic oxidation sites excluding steroid dienone is 1. The van der Waals surface area contributed by atoms with Crippen LogP contribution in [0.1, 0.15) is 25.8 Å². The Morgan fingerprint density at radius 2 is 2.04 bits per heavy atom. The number of amides is 2. The Balaban J connectivity index is 2.36. The average molecular weight is 384 g/mol. The highest BCUT2D eigenvalue weighted by molar-refractivity contribution is 9.10. The Morgan fingerprint density at radius 3 is 2.70 bits per heavy atom. The van der Waals surface area contributed by atoms with E-state index in [-0.39, 0.29) is 18.4 Å². The zero-order valence-electron chi connectivity index (χ0n) is 13.5. The van der Waals surface area contributed by atoms with Crippen molar-refractivity contribution in [2.45, 2.75) is 27.2 Å². The number of aryl methyl sites for hydroxylation is 1. The molecular weight excluding hydrogens is 362 g/mol. The number of carbonyl (C=O) groups excluding carboxylic acids is 2. The Hall–Kier alpha value is -2.02. The zero-order valence-corrected chi connectivity index (χ0v) is 15.1. The first kappa shape index (κ1) is 19.0. The van der Waals surface area contributed by atoms with Crippen LogP contribution in [-0.4, -0.2) is 25.0 Å². The van der Waals surface area contributed by atoms with E-state index in [4.69, 9.17) is 4.74 Å². The predicted octanol–water partition coefficient (Wildman–Crippen LogP) is 2.19. The lowest BCUT2D eigenvalue weighted by atomic mass is 10.2. The summed E-state index contributed by atoms with van der Waals surface area (Å²) in [5.74, 6) is 0.108. The van der Waals surface area contributed by atoms with Crippen molar-refractivity contribution in [3.63, 3.8) is 0 Å². The van der Waals surface area contributed by atoms with Crippen LogP contribution in [0.4, 0.5) is 0 Å². The molecule has 0 radical (unpaired) electrons. The van der Waals surface area contributed by atoms with Gasteiger partial charge in [0, 0.05) is 22.8 Å². The molecule has 0 aliphatic heterocycles. The fraction of sp³-hybridized carbons (Fsp3) is 0.375. The Bertz CT molecular complexity index is 588. The maximum absolute atomic E-state index is 11.7. The van der Waals surface area contributed by atoms with Crippen molar-refractivity contribution in [3.05, 3.63) is 40.0 Å². The molecule has 0 heterocycles. The van der Waals surface area contributed by atoms with E-state index < -0.39 is 0 Å². The second kappa shape index (κ2) is 9.89. The van der Waals surface area contributed by atoms with Gasteiger partial charge in [-0.05, 0) is 44.0 Å². The topological polar surface area (TPSA) is 79.5 Å². The molecule has 0 spiro atoms. The van der Waals surface area contributed by atoms with E-state index >= 15 is 0 Å². The smallest absolute Gasteiger partial charge is 0.276 e. The fourth-order valence-electron chi connectivity index (χ4n) is 1.65. The van der Waals surface area contributed by atoms with Crippen molar-refractivity contribution in [2.75, 3.05) is 13.2 Å². The molecule has 1 aromatic rings. The minimum absolute atomic E-state index is 0.120. The Kier molecular flexibility index (Phi) is 8.18. The number of ether oxygens (including phenoxy) is 1. The van der Waals surface area contributed by atoms with Crippen molar-refractivity contribution >= 4 is 27.7 Å². The first-order valence-electron chi connectivity index (χ1n) is 7.32. The van der Waals surface area contributed by atoms with Crippen LogP contribution in [0.2, 0.25) is 0 Å². The second-order valence-corrected chi connectivity index (χ2v) is 5.91. The maximum Gasteiger partial charge on any atom is 0.276 e. The van der Waals surface area contributed by atoms with E-state index in [1.165, 1.54) is 6.08 Å². The molecular formula is C16H22BrN3O3. The minimum atomic E-state index is -0.339. The number of hydrazine groups is 1. The summed E-state index contributed by atoms with van der Waals surface area (Å²) in [6, 6.07) is 5.55. The van der Waals surface area contributed by atoms with Gasteiger partial charge in [-0.25, -0.2) is 0 Å². The van der Waals surface area contributed by atoms with Crippen LogP contribution >= 0.6 is 15.9 Å². The first-order chi connectivity index (χ1) is 10.9. The van der Waals surface area contributed by atoms with E-state index in [1.54, 1.807) is 13.0 Å². The predicted molar refractivity (Wildman–Crippen MR) is 92.7 cm³/mol. The number of hydrogen-bond donors (Lipinski definition) is 3. The molecule has 0 aliphatic rings. The molecule has 0 unspecified atom stereocenters. The van der Waals surface area contributed by atoms with Gasteiger partial charge in [0.1, 0.15) is 5.75 Å². The molecule has 0 bridgehead atoms. The first-order valence-corrected chi connectivity index (χ1v) is 8.11. The summed E-state index contributed by atoms with van der Waals surface area (Å²) in [6.07, 6.45) is 2.26. The van der Waals surface area contributed by atoms with E-state index in [0.717, 1.165) is 16.5 Å². The molecule has 0 saturated heterocycles. The second-order valence-electron chi connectivity index (χ2n) is 4.99. The highest BCUT2D eigenvalue weighted by Crippen LogP contribution is 2.21. The normalized spacial score (nSPS) is 10.9. The Labute approximate surface area is 144 Å². The lowest BCUT2D eigenvalue weighted by Gasteiger charge is -2.11. The number of halogens is 1. The summed E-state index contributed by atoms with van der Waals surface area (Å²) in [5.41, 5.74) is 6.60. The molecule has 0 saturated carbocycles. The van der Waals surface area contributed by atoms with E-state index in [0.29, 0.717) is 18.0 Å². The molecule has 7 heteroatoms. The van der Waals surface area contributed by atoms with Crippen LogP contribution in [0.5, 0.6) is 5.75 Å². The zero-order chi connectivity index (χ0) is 17.2. The lowest BCUT2D eigenvalue weighted by Crippen LogP contribution is -2.39. The fourth-order valence-corrected chi connectivity index (χ4v) is 2.13. The van der Waals surface area contributed by atoms with Gasteiger partial charge in [0.05, 0.1) is 0 Å². The standard InChI is InChI=1S/C16H22BrN3O3/c1-4-7-18-15(21)9-12(3)19-20-16(22)10-23-14-6-5-13(17)8-11(14)2/h5-6,8-9,19H,4,7,10H2,1-3H3,(H,18,21)(H,20,22). The van der Waals surface area contributed by atoms with Gasteiger partial charge in [-0.3, -0.25) is 15.0 Å². The molecule has 23 heavy (non-hydrogen) atoms. The number of carbonyl (C=O) groups is 2. The van der Waals surface area contributed by atoms with Gasteiger partial charge in [-0.15, -0.1) is 0 Å². The molecule has 0 atom stereocenters. The largest absolute Gasteiger partial charge is 0.483 e. The third-order valence-electron chi connectivity index (χ3n) is 2.79. The molecule has 1 rings (SSSR count). The van der Waals surface area contributed by atoms with E-state index in [2.05, 4.69) is 32.1 Å². The van der Waals surface area contributed by atoms with Crippen molar-refractivity contribution in [1.29, 1.82) is 0 Å². The molecule has 3 N–H and O–H groups in total. The van der Waals surface area contributed by atoms with Crippen molar-refractivity contribution in [2.24, 2.45) is 0 Å². The minimum Gasteiger partial charge on any atom is -0.483 e. The third kappa shape index (κ3) is 7.69. The SMILES string of the molecule is CCCNC(=O)C=C(C)NNC(=O)COc1ccc(Br)cc1C. The molecule has 0 fully saturated rings. The summed E-state index contributed by atoms with van der Waals surface area (Å²) >= 11 is 3.37. The summed E-state index contributed by atoms with van der Waals surface area (Å²) < 4.78 is 6.40. The molecule has 0 aromatic heterocycles. The van der Waals surface area contributed by atoms with Crippen LogP contribution in [-0.2, 0) is 9.59 Å². The average Bonchev–Trinajstić information content (AvgIpc) is 2.50. The number of hydrogen-bond acceptors (Lipinski definition) is 4. The monoisotopic (exact) mass is 383 g/mol.